The Morgan fingerprint density at radius 1 is 0.964 bits per heavy atom. The molecule has 0 spiro atoms. The van der Waals surface area contributed by atoms with Gasteiger partial charge in [0, 0.05) is 18.5 Å². The van der Waals surface area contributed by atoms with Gasteiger partial charge in [-0.2, -0.15) is 0 Å². The zero-order chi connectivity index (χ0) is 21.2. The van der Waals surface area contributed by atoms with E-state index in [2.05, 4.69) is 53.4 Å². The van der Waals surface area contributed by atoms with Crippen molar-refractivity contribution in [2.75, 3.05) is 0 Å². The topological polar surface area (TPSA) is 20.3 Å². The zero-order valence-corrected chi connectivity index (χ0v) is 20.4. The van der Waals surface area contributed by atoms with Crippen LogP contribution < -0.4 is 0 Å². The molecule has 28 heavy (non-hydrogen) atoms. The van der Waals surface area contributed by atoms with E-state index in [1.165, 1.54) is 64.2 Å². The van der Waals surface area contributed by atoms with E-state index in [1.807, 2.05) is 0 Å². The SMILES string of the molecule is CCCCCCCCCCC(=O)N([C@H]1C[C@@H](C)CC(C)(C)C1)[C@@H](C)CC(C)C. The summed E-state index contributed by atoms with van der Waals surface area (Å²) in [7, 11) is 0. The van der Waals surface area contributed by atoms with Gasteiger partial charge in [-0.05, 0) is 56.3 Å². The average molecular weight is 394 g/mol. The molecule has 0 bridgehead atoms. The highest BCUT2D eigenvalue weighted by atomic mass is 16.2. The number of unbranched alkanes of at least 4 members (excludes halogenated alkanes) is 7. The molecule has 0 aromatic carbocycles. The summed E-state index contributed by atoms with van der Waals surface area (Å²) in [6.45, 7) is 16.3. The quantitative estimate of drug-likeness (QED) is 0.290. The lowest BCUT2D eigenvalue weighted by Gasteiger charge is -2.46. The molecule has 0 unspecified atom stereocenters. The molecule has 1 amide bonds. The van der Waals surface area contributed by atoms with Gasteiger partial charge in [0.1, 0.15) is 0 Å². The molecule has 3 atom stereocenters. The predicted octanol–water partition coefficient (Wildman–Crippen LogP) is 8.00. The molecular weight excluding hydrogens is 342 g/mol. The predicted molar refractivity (Wildman–Crippen MR) is 124 cm³/mol. The minimum Gasteiger partial charge on any atom is -0.337 e. The van der Waals surface area contributed by atoms with Crippen LogP contribution in [0.2, 0.25) is 0 Å². The molecule has 0 N–H and O–H groups in total. The molecule has 166 valence electrons. The fourth-order valence-corrected chi connectivity index (χ4v) is 5.65. The van der Waals surface area contributed by atoms with Crippen molar-refractivity contribution < 1.29 is 4.79 Å². The Labute approximate surface area is 177 Å². The van der Waals surface area contributed by atoms with Gasteiger partial charge in [-0.25, -0.2) is 0 Å². The maximum atomic E-state index is 13.3. The monoisotopic (exact) mass is 393 g/mol. The van der Waals surface area contributed by atoms with Crippen LogP contribution in [0, 0.1) is 17.3 Å². The van der Waals surface area contributed by atoms with Gasteiger partial charge in [0.2, 0.25) is 5.91 Å². The van der Waals surface area contributed by atoms with Crippen LogP contribution >= 0.6 is 0 Å². The van der Waals surface area contributed by atoms with E-state index in [1.54, 1.807) is 0 Å². The molecule has 0 radical (unpaired) electrons. The number of carbonyl (C=O) groups is 1. The molecule has 2 heteroatoms. The van der Waals surface area contributed by atoms with Crippen LogP contribution in [-0.2, 0) is 4.79 Å². The first kappa shape index (κ1) is 25.5. The lowest BCUT2D eigenvalue weighted by atomic mass is 9.70. The van der Waals surface area contributed by atoms with Crippen molar-refractivity contribution in [3.05, 3.63) is 0 Å². The molecule has 1 saturated carbocycles. The fourth-order valence-electron chi connectivity index (χ4n) is 5.65. The van der Waals surface area contributed by atoms with Crippen LogP contribution in [-0.4, -0.2) is 22.9 Å². The van der Waals surface area contributed by atoms with Gasteiger partial charge in [-0.15, -0.1) is 0 Å². The highest BCUT2D eigenvalue weighted by Gasteiger charge is 2.38. The fraction of sp³-hybridized carbons (Fsp3) is 0.962. The second-order valence-corrected chi connectivity index (χ2v) is 11.1. The molecule has 0 aromatic rings. The number of nitrogens with zero attached hydrogens (tertiary/aromatic N) is 1. The standard InChI is InChI=1S/C26H51NO/c1-8-9-10-11-12-13-14-15-16-25(28)27(23(5)17-21(2)3)24-18-22(4)19-26(6,7)20-24/h21-24H,8-20H2,1-7H3/t22-,23+,24+/m1/s1. The molecule has 1 rings (SSSR count). The summed E-state index contributed by atoms with van der Waals surface area (Å²) in [5, 5.41) is 0. The third-order valence-electron chi connectivity index (χ3n) is 6.58. The van der Waals surface area contributed by atoms with E-state index in [4.69, 9.17) is 0 Å². The summed E-state index contributed by atoms with van der Waals surface area (Å²) in [4.78, 5) is 15.6. The number of amides is 1. The average Bonchev–Trinajstić information content (AvgIpc) is 2.55. The Morgan fingerprint density at radius 2 is 1.54 bits per heavy atom. The molecule has 1 aliphatic carbocycles. The van der Waals surface area contributed by atoms with Crippen LogP contribution in [0.25, 0.3) is 0 Å². The summed E-state index contributed by atoms with van der Waals surface area (Å²) in [5.74, 6) is 1.79. The summed E-state index contributed by atoms with van der Waals surface area (Å²) in [5.41, 5.74) is 0.358. The molecule has 0 aromatic heterocycles. The van der Waals surface area contributed by atoms with Crippen molar-refractivity contribution in [2.45, 2.75) is 144 Å². The zero-order valence-electron chi connectivity index (χ0n) is 20.4. The maximum absolute atomic E-state index is 13.3. The van der Waals surface area contributed by atoms with Gasteiger partial charge in [0.05, 0.1) is 0 Å². The Hall–Kier alpha value is -0.530. The lowest BCUT2D eigenvalue weighted by Crippen LogP contribution is -2.50. The third kappa shape index (κ3) is 9.79. The van der Waals surface area contributed by atoms with Crippen molar-refractivity contribution in [1.29, 1.82) is 0 Å². The first-order valence-electron chi connectivity index (χ1n) is 12.5. The van der Waals surface area contributed by atoms with E-state index in [0.29, 0.717) is 29.3 Å². The number of carbonyl (C=O) groups excluding carboxylic acids is 1. The minimum atomic E-state index is 0.358. The van der Waals surface area contributed by atoms with Gasteiger partial charge >= 0.3 is 0 Å². The van der Waals surface area contributed by atoms with E-state index < -0.39 is 0 Å². The maximum Gasteiger partial charge on any atom is 0.223 e. The van der Waals surface area contributed by atoms with Gasteiger partial charge in [-0.1, -0.05) is 86.5 Å². The molecule has 0 heterocycles. The number of hydrogen-bond acceptors (Lipinski definition) is 1. The Morgan fingerprint density at radius 3 is 2.07 bits per heavy atom. The first-order valence-corrected chi connectivity index (χ1v) is 12.5. The molecule has 1 fully saturated rings. The van der Waals surface area contributed by atoms with Crippen LogP contribution in [0.3, 0.4) is 0 Å². The Kier molecular flexibility index (Phi) is 11.8. The van der Waals surface area contributed by atoms with E-state index in [-0.39, 0.29) is 0 Å². The van der Waals surface area contributed by atoms with Gasteiger partial charge < -0.3 is 4.90 Å². The lowest BCUT2D eigenvalue weighted by molar-refractivity contribution is -0.138. The van der Waals surface area contributed by atoms with Gasteiger partial charge in [-0.3, -0.25) is 4.79 Å². The van der Waals surface area contributed by atoms with E-state index in [0.717, 1.165) is 25.2 Å². The summed E-state index contributed by atoms with van der Waals surface area (Å²) in [6, 6.07) is 0.807. The van der Waals surface area contributed by atoms with Gasteiger partial charge in [0.25, 0.3) is 0 Å². The molecule has 2 nitrogen and oxygen atoms in total. The molecule has 0 saturated heterocycles. The van der Waals surface area contributed by atoms with Gasteiger partial charge in [0.15, 0.2) is 0 Å². The molecule has 1 aliphatic rings. The highest BCUT2D eigenvalue weighted by molar-refractivity contribution is 5.76. The van der Waals surface area contributed by atoms with Crippen LogP contribution in [0.4, 0.5) is 0 Å². The number of rotatable bonds is 13. The second-order valence-electron chi connectivity index (χ2n) is 11.1. The first-order chi connectivity index (χ1) is 13.2. The smallest absolute Gasteiger partial charge is 0.223 e. The van der Waals surface area contributed by atoms with Crippen molar-refractivity contribution in [2.24, 2.45) is 17.3 Å². The van der Waals surface area contributed by atoms with Crippen LogP contribution in [0.15, 0.2) is 0 Å². The van der Waals surface area contributed by atoms with Crippen molar-refractivity contribution in [3.8, 4) is 0 Å². The Balaban J connectivity index is 2.58. The normalized spacial score (nSPS) is 23.0. The number of hydrogen-bond donors (Lipinski definition) is 0. The third-order valence-corrected chi connectivity index (χ3v) is 6.58. The van der Waals surface area contributed by atoms with Crippen molar-refractivity contribution in [3.63, 3.8) is 0 Å². The van der Waals surface area contributed by atoms with Crippen LogP contribution in [0.5, 0.6) is 0 Å². The van der Waals surface area contributed by atoms with Crippen molar-refractivity contribution >= 4 is 5.91 Å². The minimum absolute atomic E-state index is 0.358. The highest BCUT2D eigenvalue weighted by Crippen LogP contribution is 2.41. The van der Waals surface area contributed by atoms with E-state index in [9.17, 15) is 4.79 Å². The second kappa shape index (κ2) is 12.9. The summed E-state index contributed by atoms with van der Waals surface area (Å²) in [6.07, 6.45) is 15.9. The largest absolute Gasteiger partial charge is 0.337 e. The van der Waals surface area contributed by atoms with E-state index >= 15 is 0 Å². The summed E-state index contributed by atoms with van der Waals surface area (Å²) < 4.78 is 0. The van der Waals surface area contributed by atoms with Crippen molar-refractivity contribution in [1.82, 2.24) is 4.90 Å². The Bertz CT molecular complexity index is 428. The van der Waals surface area contributed by atoms with Crippen LogP contribution in [0.1, 0.15) is 132 Å². The molecular formula is C26H51NO. The molecule has 0 aliphatic heterocycles. The summed E-state index contributed by atoms with van der Waals surface area (Å²) >= 11 is 0.